The van der Waals surface area contributed by atoms with Crippen LogP contribution in [0.2, 0.25) is 0 Å². The first kappa shape index (κ1) is 55.0. The van der Waals surface area contributed by atoms with Gasteiger partial charge in [-0.2, -0.15) is 0 Å². The van der Waals surface area contributed by atoms with Crippen LogP contribution in [0.1, 0.15) is 219 Å². The second kappa shape index (κ2) is 43.6. The van der Waals surface area contributed by atoms with Gasteiger partial charge in [-0.15, -0.1) is 0 Å². The van der Waals surface area contributed by atoms with Crippen molar-refractivity contribution in [1.29, 1.82) is 0 Å². The molecule has 0 saturated carbocycles. The van der Waals surface area contributed by atoms with Crippen LogP contribution < -0.4 is 0 Å². The molecule has 9 heteroatoms. The van der Waals surface area contributed by atoms with E-state index in [2.05, 4.69) is 67.0 Å². The fraction of sp³-hybridized carbons (Fsp3) is 0.792. The molecule has 0 aromatic rings. The second-order valence-electron chi connectivity index (χ2n) is 15.5. The van der Waals surface area contributed by atoms with Crippen molar-refractivity contribution in [2.75, 3.05) is 20.3 Å². The number of allylic oxidation sites excluding steroid dienone is 8. The van der Waals surface area contributed by atoms with Crippen molar-refractivity contribution in [2.24, 2.45) is 0 Å². The summed E-state index contributed by atoms with van der Waals surface area (Å²) in [5, 5.41) is 0. The third kappa shape index (κ3) is 43.4. The van der Waals surface area contributed by atoms with Crippen molar-refractivity contribution in [1.82, 2.24) is 0 Å². The highest BCUT2D eigenvalue weighted by atomic mass is 31.2. The number of phosphoric ester groups is 1. The average Bonchev–Trinajstić information content (AvgIpc) is 3.20. The largest absolute Gasteiger partial charge is 0.472 e. The van der Waals surface area contributed by atoms with E-state index in [-0.39, 0.29) is 19.0 Å². The number of ether oxygens (including phenoxy) is 2. The van der Waals surface area contributed by atoms with E-state index in [1.807, 2.05) is 0 Å². The van der Waals surface area contributed by atoms with Gasteiger partial charge in [0.05, 0.1) is 6.61 Å². The van der Waals surface area contributed by atoms with Crippen molar-refractivity contribution in [3.63, 3.8) is 0 Å². The Morgan fingerprint density at radius 1 is 0.509 bits per heavy atom. The zero-order chi connectivity index (χ0) is 41.8. The predicted octanol–water partition coefficient (Wildman–Crippen LogP) is 15.0. The number of unbranched alkanes of at least 4 members (excludes halogenated alkanes) is 24. The van der Waals surface area contributed by atoms with E-state index < -0.39 is 26.5 Å². The molecule has 8 nitrogen and oxygen atoms in total. The Morgan fingerprint density at radius 2 is 0.895 bits per heavy atom. The Labute approximate surface area is 350 Å². The van der Waals surface area contributed by atoms with Crippen LogP contribution in [0.5, 0.6) is 0 Å². The van der Waals surface area contributed by atoms with Gasteiger partial charge in [0.15, 0.2) is 6.10 Å². The van der Waals surface area contributed by atoms with E-state index in [1.54, 1.807) is 0 Å². The Balaban J connectivity index is 3.96. The number of rotatable bonds is 43. The molecule has 332 valence electrons. The zero-order valence-corrected chi connectivity index (χ0v) is 37.9. The molecule has 0 aromatic carbocycles. The van der Waals surface area contributed by atoms with Crippen LogP contribution in [0.3, 0.4) is 0 Å². The molecule has 0 amide bonds. The molecule has 1 N–H and O–H groups in total. The first-order valence-electron chi connectivity index (χ1n) is 23.3. The Morgan fingerprint density at radius 3 is 1.33 bits per heavy atom. The highest BCUT2D eigenvalue weighted by molar-refractivity contribution is 7.47. The van der Waals surface area contributed by atoms with Gasteiger partial charge in [-0.25, -0.2) is 4.57 Å². The minimum Gasteiger partial charge on any atom is -0.462 e. The second-order valence-corrected chi connectivity index (χ2v) is 17.1. The maximum Gasteiger partial charge on any atom is 0.472 e. The molecule has 0 spiro atoms. The molecule has 0 saturated heterocycles. The summed E-state index contributed by atoms with van der Waals surface area (Å²) in [6.45, 7) is 3.79. The summed E-state index contributed by atoms with van der Waals surface area (Å²) in [6.07, 6.45) is 53.1. The van der Waals surface area contributed by atoms with Gasteiger partial charge in [0.25, 0.3) is 0 Å². The maximum absolute atomic E-state index is 12.5. The molecular formula is C48H87O8P. The smallest absolute Gasteiger partial charge is 0.462 e. The predicted molar refractivity (Wildman–Crippen MR) is 239 cm³/mol. The van der Waals surface area contributed by atoms with Crippen molar-refractivity contribution in [2.45, 2.75) is 225 Å². The molecular weight excluding hydrogens is 735 g/mol. The van der Waals surface area contributed by atoms with Gasteiger partial charge < -0.3 is 14.4 Å². The molecule has 2 unspecified atom stereocenters. The van der Waals surface area contributed by atoms with Crippen molar-refractivity contribution in [3.05, 3.63) is 48.6 Å². The summed E-state index contributed by atoms with van der Waals surface area (Å²) in [7, 11) is -3.21. The lowest BCUT2D eigenvalue weighted by atomic mass is 10.0. The van der Waals surface area contributed by atoms with Crippen LogP contribution in [-0.2, 0) is 32.7 Å². The van der Waals surface area contributed by atoms with Crippen molar-refractivity contribution >= 4 is 19.8 Å². The summed E-state index contributed by atoms with van der Waals surface area (Å²) in [5.74, 6) is -0.813. The molecule has 0 aliphatic carbocycles. The highest BCUT2D eigenvalue weighted by Gasteiger charge is 2.24. The zero-order valence-electron chi connectivity index (χ0n) is 37.0. The number of phosphoric acid groups is 1. The van der Waals surface area contributed by atoms with Gasteiger partial charge in [0.2, 0.25) is 0 Å². The van der Waals surface area contributed by atoms with E-state index >= 15 is 0 Å². The van der Waals surface area contributed by atoms with E-state index in [4.69, 9.17) is 14.0 Å². The van der Waals surface area contributed by atoms with Gasteiger partial charge >= 0.3 is 19.8 Å². The van der Waals surface area contributed by atoms with Crippen LogP contribution in [0.25, 0.3) is 0 Å². The number of hydrogen-bond donors (Lipinski definition) is 1. The standard InChI is InChI=1S/C48H87O8P/c1-4-6-8-10-12-14-16-18-20-22-24-26-28-30-32-34-36-38-40-42-47(49)54-44-46(45-55-57(51,52)53-3)56-48(50)43-41-39-37-35-33-31-29-27-25-23-21-19-17-15-13-11-9-7-5-2/h7,9,13,15,19,21,25,27,46H,4-6,8,10-12,14,16-18,20,22-24,26,28-45H2,1-3H3,(H,51,52)/b9-7-,15-13-,21-19-,27-25-. The van der Waals surface area contributed by atoms with Crippen LogP contribution in [0, 0.1) is 0 Å². The third-order valence-corrected chi connectivity index (χ3v) is 11.0. The molecule has 0 aliphatic heterocycles. The molecule has 0 radical (unpaired) electrons. The normalized spacial score (nSPS) is 13.7. The molecule has 0 fully saturated rings. The number of esters is 2. The lowest BCUT2D eigenvalue weighted by Crippen LogP contribution is -2.29. The molecule has 0 aliphatic rings. The quantitative estimate of drug-likeness (QED) is 0.0280. The van der Waals surface area contributed by atoms with Gasteiger partial charge in [-0.1, -0.05) is 204 Å². The minimum atomic E-state index is -4.27. The molecule has 0 rings (SSSR count). The first-order chi connectivity index (χ1) is 27.8. The van der Waals surface area contributed by atoms with Crippen LogP contribution >= 0.6 is 7.82 Å². The SMILES string of the molecule is CC/C=C\C/C=C\C/C=C\C/C=C\CCCCCCCCC(=O)OC(COC(=O)CCCCCCCCCCCCCCCCCCCCC)COP(=O)(O)OC. The molecule has 0 aromatic heterocycles. The summed E-state index contributed by atoms with van der Waals surface area (Å²) in [4.78, 5) is 34.6. The van der Waals surface area contributed by atoms with E-state index in [0.29, 0.717) is 12.8 Å². The maximum atomic E-state index is 12.5. The van der Waals surface area contributed by atoms with Crippen LogP contribution in [0.4, 0.5) is 0 Å². The number of hydrogen-bond acceptors (Lipinski definition) is 7. The summed E-state index contributed by atoms with van der Waals surface area (Å²) in [6, 6.07) is 0. The molecule has 57 heavy (non-hydrogen) atoms. The van der Waals surface area contributed by atoms with Gasteiger partial charge in [0, 0.05) is 20.0 Å². The fourth-order valence-electron chi connectivity index (χ4n) is 6.53. The number of carbonyl (C=O) groups is 2. The molecule has 0 heterocycles. The van der Waals surface area contributed by atoms with Crippen molar-refractivity contribution in [3.8, 4) is 0 Å². The highest BCUT2D eigenvalue weighted by Crippen LogP contribution is 2.42. The third-order valence-electron chi connectivity index (χ3n) is 10.1. The number of carbonyl (C=O) groups excluding carboxylic acids is 2. The van der Waals surface area contributed by atoms with E-state index in [1.165, 1.54) is 103 Å². The Kier molecular flexibility index (Phi) is 42.1. The Hall–Kier alpha value is -1.99. The van der Waals surface area contributed by atoms with E-state index in [0.717, 1.165) is 90.6 Å². The van der Waals surface area contributed by atoms with Crippen LogP contribution in [0.15, 0.2) is 48.6 Å². The first-order valence-corrected chi connectivity index (χ1v) is 24.8. The monoisotopic (exact) mass is 823 g/mol. The van der Waals surface area contributed by atoms with E-state index in [9.17, 15) is 19.0 Å². The van der Waals surface area contributed by atoms with Crippen LogP contribution in [-0.4, -0.2) is 43.3 Å². The molecule has 0 bridgehead atoms. The van der Waals surface area contributed by atoms with Gasteiger partial charge in [-0.3, -0.25) is 18.6 Å². The topological polar surface area (TPSA) is 108 Å². The van der Waals surface area contributed by atoms with Crippen molar-refractivity contribution < 1.29 is 37.6 Å². The van der Waals surface area contributed by atoms with Gasteiger partial charge in [-0.05, 0) is 51.4 Å². The van der Waals surface area contributed by atoms with Gasteiger partial charge in [0.1, 0.15) is 6.61 Å². The molecule has 2 atom stereocenters. The minimum absolute atomic E-state index is 0.229. The average molecular weight is 823 g/mol. The summed E-state index contributed by atoms with van der Waals surface area (Å²) in [5.41, 5.74) is 0. The fourth-order valence-corrected chi connectivity index (χ4v) is 6.99. The summed E-state index contributed by atoms with van der Waals surface area (Å²) >= 11 is 0. The summed E-state index contributed by atoms with van der Waals surface area (Å²) < 4.78 is 32.1. The lowest BCUT2D eigenvalue weighted by Gasteiger charge is -2.19. The lowest BCUT2D eigenvalue weighted by molar-refractivity contribution is -0.161. The Bertz CT molecular complexity index is 1070.